The van der Waals surface area contributed by atoms with Crippen LogP contribution < -0.4 is 0 Å². The number of hydrogen-bond donors (Lipinski definition) is 0. The van der Waals surface area contributed by atoms with Gasteiger partial charge in [-0.15, -0.1) is 3.89 Å². The van der Waals surface area contributed by atoms with E-state index in [-0.39, 0.29) is 24.8 Å². The van der Waals surface area contributed by atoms with Crippen molar-refractivity contribution in [2.45, 2.75) is 24.5 Å². The highest BCUT2D eigenvalue weighted by atomic mass is 32.3. The van der Waals surface area contributed by atoms with Crippen LogP contribution in [0.25, 0.3) is 0 Å². The van der Waals surface area contributed by atoms with Crippen molar-refractivity contribution in [1.29, 1.82) is 0 Å². The third-order valence-corrected chi connectivity index (χ3v) is 4.61. The summed E-state index contributed by atoms with van der Waals surface area (Å²) in [5.41, 5.74) is 0. The highest BCUT2D eigenvalue weighted by molar-refractivity contribution is 7.87. The molecule has 0 aliphatic carbocycles. The number of rotatable bonds is 2. The van der Waals surface area contributed by atoms with Gasteiger partial charge in [-0.25, -0.2) is 0 Å². The maximum atomic E-state index is 12.8. The van der Waals surface area contributed by atoms with Gasteiger partial charge in [0.1, 0.15) is 5.25 Å². The van der Waals surface area contributed by atoms with Crippen LogP contribution in [0.3, 0.4) is 0 Å². The van der Waals surface area contributed by atoms with E-state index in [4.69, 9.17) is 4.74 Å². The summed E-state index contributed by atoms with van der Waals surface area (Å²) >= 11 is 0. The molecule has 0 radical (unpaired) electrons. The molecule has 0 bridgehead atoms. The number of nitrogens with zero attached hydrogens (tertiary/aromatic N) is 1. The molecular formula is C10H16FNO4S. The van der Waals surface area contributed by atoms with Gasteiger partial charge in [0.05, 0.1) is 0 Å². The Bertz CT molecular complexity index is 391. The number of halogens is 1. The SMILES string of the molecule is O=C(C1CCOCC1)N1CCC(S(=O)(=O)F)C1. The average molecular weight is 265 g/mol. The largest absolute Gasteiger partial charge is 0.381 e. The summed E-state index contributed by atoms with van der Waals surface area (Å²) in [5.74, 6) is -0.149. The van der Waals surface area contributed by atoms with E-state index in [9.17, 15) is 17.1 Å². The predicted molar refractivity (Wildman–Crippen MR) is 58.6 cm³/mol. The van der Waals surface area contributed by atoms with Crippen molar-refractivity contribution >= 4 is 16.1 Å². The number of hydrogen-bond acceptors (Lipinski definition) is 4. The van der Waals surface area contributed by atoms with E-state index >= 15 is 0 Å². The zero-order chi connectivity index (χ0) is 12.5. The molecular weight excluding hydrogens is 249 g/mol. The van der Waals surface area contributed by atoms with Gasteiger partial charge in [0.25, 0.3) is 0 Å². The van der Waals surface area contributed by atoms with Crippen molar-refractivity contribution in [2.24, 2.45) is 5.92 Å². The molecule has 2 heterocycles. The lowest BCUT2D eigenvalue weighted by Gasteiger charge is -2.26. The summed E-state index contributed by atoms with van der Waals surface area (Å²) in [6.45, 7) is 1.46. The average Bonchev–Trinajstić information content (AvgIpc) is 2.78. The molecule has 2 rings (SSSR count). The van der Waals surface area contributed by atoms with Crippen molar-refractivity contribution < 1.29 is 21.8 Å². The molecule has 0 spiro atoms. The van der Waals surface area contributed by atoms with Crippen molar-refractivity contribution in [3.8, 4) is 0 Å². The third-order valence-electron chi connectivity index (χ3n) is 3.43. The molecule has 2 fully saturated rings. The van der Waals surface area contributed by atoms with E-state index in [1.165, 1.54) is 4.90 Å². The molecule has 1 atom stereocenters. The summed E-state index contributed by atoms with van der Waals surface area (Å²) in [4.78, 5) is 13.5. The van der Waals surface area contributed by atoms with Gasteiger partial charge < -0.3 is 9.64 Å². The van der Waals surface area contributed by atoms with Gasteiger partial charge in [0.15, 0.2) is 0 Å². The lowest BCUT2D eigenvalue weighted by Crippen LogP contribution is -2.38. The van der Waals surface area contributed by atoms with Gasteiger partial charge in [0, 0.05) is 32.2 Å². The third kappa shape index (κ3) is 2.95. The van der Waals surface area contributed by atoms with Crippen LogP contribution in [0.1, 0.15) is 19.3 Å². The van der Waals surface area contributed by atoms with Crippen molar-refractivity contribution in [2.75, 3.05) is 26.3 Å². The predicted octanol–water partition coefficient (Wildman–Crippen LogP) is 0.313. The normalized spacial score (nSPS) is 27.4. The van der Waals surface area contributed by atoms with Crippen LogP contribution in [0.15, 0.2) is 0 Å². The van der Waals surface area contributed by atoms with E-state index in [0.29, 0.717) is 32.6 Å². The highest BCUT2D eigenvalue weighted by Crippen LogP contribution is 2.23. The maximum Gasteiger partial charge on any atom is 0.307 e. The highest BCUT2D eigenvalue weighted by Gasteiger charge is 2.37. The van der Waals surface area contributed by atoms with Crippen molar-refractivity contribution in [3.63, 3.8) is 0 Å². The fourth-order valence-electron chi connectivity index (χ4n) is 2.36. The lowest BCUT2D eigenvalue weighted by atomic mass is 9.99. The Kier molecular flexibility index (Phi) is 3.67. The Balaban J connectivity index is 1.93. The monoisotopic (exact) mass is 265 g/mol. The minimum Gasteiger partial charge on any atom is -0.381 e. The molecule has 0 saturated carbocycles. The van der Waals surface area contributed by atoms with Crippen LogP contribution in [0, 0.1) is 5.92 Å². The van der Waals surface area contributed by atoms with Crippen LogP contribution in [0.2, 0.25) is 0 Å². The first kappa shape index (κ1) is 12.8. The molecule has 0 N–H and O–H groups in total. The molecule has 1 unspecified atom stereocenters. The molecule has 0 aromatic rings. The molecule has 5 nitrogen and oxygen atoms in total. The second-order valence-electron chi connectivity index (χ2n) is 4.56. The molecule has 98 valence electrons. The number of carbonyl (C=O) groups excluding carboxylic acids is 1. The number of likely N-dealkylation sites (tertiary alicyclic amines) is 1. The summed E-state index contributed by atoms with van der Waals surface area (Å²) < 4.78 is 39.5. The van der Waals surface area contributed by atoms with Gasteiger partial charge in [-0.2, -0.15) is 8.42 Å². The molecule has 2 aliphatic heterocycles. The Labute approximate surface area is 100 Å². The minimum atomic E-state index is -4.52. The van der Waals surface area contributed by atoms with E-state index < -0.39 is 15.5 Å². The Morgan fingerprint density at radius 3 is 2.41 bits per heavy atom. The number of ether oxygens (including phenoxy) is 1. The molecule has 2 aliphatic rings. The Morgan fingerprint density at radius 2 is 1.88 bits per heavy atom. The first-order valence-electron chi connectivity index (χ1n) is 5.78. The fourth-order valence-corrected chi connectivity index (χ4v) is 3.11. The summed E-state index contributed by atoms with van der Waals surface area (Å²) in [7, 11) is -4.52. The van der Waals surface area contributed by atoms with Crippen LogP contribution in [-0.2, 0) is 19.8 Å². The van der Waals surface area contributed by atoms with Gasteiger partial charge in [-0.3, -0.25) is 4.79 Å². The first-order chi connectivity index (χ1) is 7.98. The smallest absolute Gasteiger partial charge is 0.307 e. The standard InChI is InChI=1S/C10H16FNO4S/c11-17(14,15)9-1-4-12(7-9)10(13)8-2-5-16-6-3-8/h8-9H,1-7H2. The Hall–Kier alpha value is -0.690. The lowest BCUT2D eigenvalue weighted by molar-refractivity contribution is -0.137. The van der Waals surface area contributed by atoms with Crippen LogP contribution in [0.5, 0.6) is 0 Å². The van der Waals surface area contributed by atoms with E-state index in [0.717, 1.165) is 0 Å². The molecule has 2 saturated heterocycles. The van der Waals surface area contributed by atoms with Crippen molar-refractivity contribution in [3.05, 3.63) is 0 Å². The van der Waals surface area contributed by atoms with Gasteiger partial charge in [0.2, 0.25) is 5.91 Å². The van der Waals surface area contributed by atoms with Crippen LogP contribution in [0.4, 0.5) is 3.89 Å². The molecule has 17 heavy (non-hydrogen) atoms. The van der Waals surface area contributed by atoms with Gasteiger partial charge in [-0.05, 0) is 19.3 Å². The maximum absolute atomic E-state index is 12.8. The minimum absolute atomic E-state index is 0.00494. The summed E-state index contributed by atoms with van der Waals surface area (Å²) in [6, 6.07) is 0. The molecule has 0 aromatic heterocycles. The zero-order valence-electron chi connectivity index (χ0n) is 9.47. The molecule has 7 heteroatoms. The second kappa shape index (κ2) is 4.89. The molecule has 0 aromatic carbocycles. The van der Waals surface area contributed by atoms with Crippen LogP contribution >= 0.6 is 0 Å². The topological polar surface area (TPSA) is 63.7 Å². The van der Waals surface area contributed by atoms with Gasteiger partial charge in [-0.1, -0.05) is 0 Å². The first-order valence-corrected chi connectivity index (χ1v) is 7.23. The quantitative estimate of drug-likeness (QED) is 0.674. The van der Waals surface area contributed by atoms with Gasteiger partial charge >= 0.3 is 10.2 Å². The summed E-state index contributed by atoms with van der Waals surface area (Å²) in [6.07, 6.45) is 1.54. The Morgan fingerprint density at radius 1 is 1.24 bits per heavy atom. The van der Waals surface area contributed by atoms with E-state index in [2.05, 4.69) is 0 Å². The molecule has 1 amide bonds. The number of carbonyl (C=O) groups is 1. The van der Waals surface area contributed by atoms with Crippen LogP contribution in [-0.4, -0.2) is 50.8 Å². The number of amides is 1. The summed E-state index contributed by atoms with van der Waals surface area (Å²) in [5, 5.41) is -1.04. The fraction of sp³-hybridized carbons (Fsp3) is 0.900. The zero-order valence-corrected chi connectivity index (χ0v) is 10.3. The van der Waals surface area contributed by atoms with E-state index in [1.54, 1.807) is 0 Å². The van der Waals surface area contributed by atoms with Crippen molar-refractivity contribution in [1.82, 2.24) is 4.90 Å². The van der Waals surface area contributed by atoms with E-state index in [1.807, 2.05) is 0 Å². The second-order valence-corrected chi connectivity index (χ2v) is 6.17.